The molecule has 1 aromatic rings. The van der Waals surface area contributed by atoms with E-state index in [0.29, 0.717) is 12.6 Å². The fraction of sp³-hybridized carbons (Fsp3) is 0.533. The van der Waals surface area contributed by atoms with Crippen LogP contribution in [0.15, 0.2) is 28.7 Å². The maximum atomic E-state index is 12.3. The minimum absolute atomic E-state index is 0.210. The van der Waals surface area contributed by atoms with Crippen LogP contribution in [0.4, 0.5) is 0 Å². The highest BCUT2D eigenvalue weighted by Crippen LogP contribution is 2.15. The third kappa shape index (κ3) is 4.13. The van der Waals surface area contributed by atoms with E-state index in [2.05, 4.69) is 33.1 Å². The van der Waals surface area contributed by atoms with Crippen molar-refractivity contribution in [3.05, 3.63) is 34.3 Å². The Bertz CT molecular complexity index is 430. The Morgan fingerprint density at radius 1 is 1.42 bits per heavy atom. The molecule has 19 heavy (non-hydrogen) atoms. The van der Waals surface area contributed by atoms with Gasteiger partial charge in [-0.25, -0.2) is 0 Å². The summed E-state index contributed by atoms with van der Waals surface area (Å²) in [5.74, 6) is 0.210. The summed E-state index contributed by atoms with van der Waals surface area (Å²) in [7, 11) is 0. The van der Waals surface area contributed by atoms with Crippen LogP contribution in [0, 0.1) is 0 Å². The van der Waals surface area contributed by atoms with Crippen molar-refractivity contribution in [2.75, 3.05) is 26.2 Å². The van der Waals surface area contributed by atoms with Crippen LogP contribution in [-0.2, 0) is 0 Å². The molecule has 0 bridgehead atoms. The molecular formula is C15H21BrN2O. The van der Waals surface area contributed by atoms with E-state index in [1.165, 1.54) is 0 Å². The van der Waals surface area contributed by atoms with E-state index in [1.807, 2.05) is 24.3 Å². The zero-order valence-corrected chi connectivity index (χ0v) is 12.9. The average molecular weight is 325 g/mol. The zero-order valence-electron chi connectivity index (χ0n) is 11.4. The van der Waals surface area contributed by atoms with E-state index in [4.69, 9.17) is 0 Å². The van der Waals surface area contributed by atoms with Gasteiger partial charge in [0.15, 0.2) is 5.78 Å². The molecule has 0 amide bonds. The first-order valence-corrected chi connectivity index (χ1v) is 7.73. The molecule has 1 N–H and O–H groups in total. The molecule has 0 unspecified atom stereocenters. The minimum atomic E-state index is 0.210. The Labute approximate surface area is 123 Å². The van der Waals surface area contributed by atoms with Crippen LogP contribution in [0.3, 0.4) is 0 Å². The molecule has 0 spiro atoms. The Balaban J connectivity index is 1.99. The summed E-state index contributed by atoms with van der Waals surface area (Å²) in [6, 6.07) is 8.20. The summed E-state index contributed by atoms with van der Waals surface area (Å²) in [5.41, 5.74) is 0.793. The van der Waals surface area contributed by atoms with E-state index >= 15 is 0 Å². The zero-order chi connectivity index (χ0) is 13.7. The highest BCUT2D eigenvalue weighted by Gasteiger charge is 2.22. The van der Waals surface area contributed by atoms with Crippen LogP contribution < -0.4 is 5.32 Å². The number of carbonyl (C=O) groups is 1. The number of halogens is 1. The highest BCUT2D eigenvalue weighted by atomic mass is 79.9. The van der Waals surface area contributed by atoms with Gasteiger partial charge in [-0.1, -0.05) is 35.0 Å². The Kier molecular flexibility index (Phi) is 5.55. The number of ketones is 1. The second-order valence-electron chi connectivity index (χ2n) is 4.98. The summed E-state index contributed by atoms with van der Waals surface area (Å²) in [6.45, 7) is 5.72. The topological polar surface area (TPSA) is 32.3 Å². The molecule has 1 aliphatic rings. The van der Waals surface area contributed by atoms with Crippen LogP contribution in [0.25, 0.3) is 0 Å². The van der Waals surface area contributed by atoms with Crippen molar-refractivity contribution in [1.82, 2.24) is 10.2 Å². The van der Waals surface area contributed by atoms with Gasteiger partial charge in [0.25, 0.3) is 0 Å². The van der Waals surface area contributed by atoms with Crippen molar-refractivity contribution in [2.24, 2.45) is 0 Å². The molecule has 2 rings (SSSR count). The highest BCUT2D eigenvalue weighted by molar-refractivity contribution is 9.10. The number of hydrogen-bond donors (Lipinski definition) is 1. The van der Waals surface area contributed by atoms with Crippen LogP contribution >= 0.6 is 15.9 Å². The molecule has 1 fully saturated rings. The van der Waals surface area contributed by atoms with Gasteiger partial charge in [0, 0.05) is 16.1 Å². The smallest absolute Gasteiger partial charge is 0.176 e. The first kappa shape index (κ1) is 14.7. The minimum Gasteiger partial charge on any atom is -0.317 e. The van der Waals surface area contributed by atoms with Crippen molar-refractivity contribution < 1.29 is 4.79 Å². The second-order valence-corrected chi connectivity index (χ2v) is 5.89. The first-order valence-electron chi connectivity index (χ1n) is 6.94. The molecule has 0 radical (unpaired) electrons. The van der Waals surface area contributed by atoms with Crippen LogP contribution in [0.5, 0.6) is 0 Å². The second kappa shape index (κ2) is 7.17. The van der Waals surface area contributed by atoms with Gasteiger partial charge in [0.2, 0.25) is 0 Å². The summed E-state index contributed by atoms with van der Waals surface area (Å²) >= 11 is 3.42. The number of rotatable bonds is 5. The molecule has 1 aromatic carbocycles. The number of nitrogens with zero attached hydrogens (tertiary/aromatic N) is 1. The van der Waals surface area contributed by atoms with Gasteiger partial charge >= 0.3 is 0 Å². The summed E-state index contributed by atoms with van der Waals surface area (Å²) < 4.78 is 0.961. The Morgan fingerprint density at radius 2 is 2.16 bits per heavy atom. The fourth-order valence-corrected chi connectivity index (χ4v) is 3.01. The van der Waals surface area contributed by atoms with E-state index < -0.39 is 0 Å². The number of carbonyl (C=O) groups excluding carboxylic acids is 1. The monoisotopic (exact) mass is 324 g/mol. The lowest BCUT2D eigenvalue weighted by Gasteiger charge is -2.33. The van der Waals surface area contributed by atoms with Gasteiger partial charge in [-0.05, 0) is 44.6 Å². The standard InChI is InChI=1S/C15H21BrN2O/c1-2-18(14-6-8-17-9-7-14)11-15(19)12-4-3-5-13(16)10-12/h3-5,10,14,17H,2,6-9,11H2,1H3. The van der Waals surface area contributed by atoms with Crippen LogP contribution in [0.1, 0.15) is 30.1 Å². The quantitative estimate of drug-likeness (QED) is 0.845. The van der Waals surface area contributed by atoms with E-state index in [0.717, 1.165) is 42.5 Å². The lowest BCUT2D eigenvalue weighted by Crippen LogP contribution is -2.45. The van der Waals surface area contributed by atoms with Gasteiger partial charge in [-0.3, -0.25) is 9.69 Å². The molecule has 0 aromatic heterocycles. The van der Waals surface area contributed by atoms with Gasteiger partial charge < -0.3 is 5.32 Å². The molecule has 1 saturated heterocycles. The van der Waals surface area contributed by atoms with Crippen LogP contribution in [-0.4, -0.2) is 42.9 Å². The van der Waals surface area contributed by atoms with Gasteiger partial charge in [0.1, 0.15) is 0 Å². The predicted octanol–water partition coefficient (Wildman–Crippen LogP) is 2.71. The third-order valence-electron chi connectivity index (χ3n) is 3.72. The largest absolute Gasteiger partial charge is 0.317 e. The van der Waals surface area contributed by atoms with Crippen LogP contribution in [0.2, 0.25) is 0 Å². The molecule has 3 nitrogen and oxygen atoms in total. The molecule has 4 heteroatoms. The SMILES string of the molecule is CCN(CC(=O)c1cccc(Br)c1)C1CCNCC1. The van der Waals surface area contributed by atoms with Crippen molar-refractivity contribution >= 4 is 21.7 Å². The Hall–Kier alpha value is -0.710. The van der Waals surface area contributed by atoms with Crippen molar-refractivity contribution in [3.63, 3.8) is 0 Å². The van der Waals surface area contributed by atoms with Gasteiger partial charge in [-0.2, -0.15) is 0 Å². The third-order valence-corrected chi connectivity index (χ3v) is 4.22. The van der Waals surface area contributed by atoms with Crippen molar-refractivity contribution in [3.8, 4) is 0 Å². The number of benzene rings is 1. The first-order chi connectivity index (χ1) is 9.20. The van der Waals surface area contributed by atoms with E-state index in [9.17, 15) is 4.79 Å². The Morgan fingerprint density at radius 3 is 2.79 bits per heavy atom. The normalized spacial score (nSPS) is 16.8. The molecule has 104 valence electrons. The van der Waals surface area contributed by atoms with E-state index in [-0.39, 0.29) is 5.78 Å². The number of Topliss-reactive ketones (excluding diaryl/α,β-unsaturated/α-hetero) is 1. The summed E-state index contributed by atoms with van der Waals surface area (Å²) in [6.07, 6.45) is 2.28. The molecule has 1 aliphatic heterocycles. The van der Waals surface area contributed by atoms with Crippen molar-refractivity contribution in [1.29, 1.82) is 0 Å². The molecule has 0 atom stereocenters. The van der Waals surface area contributed by atoms with Crippen molar-refractivity contribution in [2.45, 2.75) is 25.8 Å². The fourth-order valence-electron chi connectivity index (χ4n) is 2.61. The maximum Gasteiger partial charge on any atom is 0.176 e. The number of likely N-dealkylation sites (N-methyl/N-ethyl adjacent to an activating group) is 1. The lowest BCUT2D eigenvalue weighted by molar-refractivity contribution is 0.0874. The summed E-state index contributed by atoms with van der Waals surface area (Å²) in [4.78, 5) is 14.6. The lowest BCUT2D eigenvalue weighted by atomic mass is 10.0. The number of nitrogens with one attached hydrogen (secondary N) is 1. The predicted molar refractivity (Wildman–Crippen MR) is 81.6 cm³/mol. The average Bonchev–Trinajstić information content (AvgIpc) is 2.45. The molecule has 0 saturated carbocycles. The summed E-state index contributed by atoms with van der Waals surface area (Å²) in [5, 5.41) is 3.37. The van der Waals surface area contributed by atoms with Gasteiger partial charge in [-0.15, -0.1) is 0 Å². The number of hydrogen-bond acceptors (Lipinski definition) is 3. The maximum absolute atomic E-state index is 12.3. The molecule has 1 heterocycles. The molecular weight excluding hydrogens is 304 g/mol. The number of piperidine rings is 1. The van der Waals surface area contributed by atoms with E-state index in [1.54, 1.807) is 0 Å². The van der Waals surface area contributed by atoms with Gasteiger partial charge in [0.05, 0.1) is 6.54 Å². The molecule has 0 aliphatic carbocycles.